The highest BCUT2D eigenvalue weighted by atomic mass is 16.6. The molecule has 0 aromatic carbocycles. The average Bonchev–Trinajstić information content (AvgIpc) is 3.35. The monoisotopic (exact) mass is 955 g/mol. The molecule has 0 fully saturated rings. The van der Waals surface area contributed by atoms with Crippen molar-refractivity contribution in [3.63, 3.8) is 0 Å². The summed E-state index contributed by atoms with van der Waals surface area (Å²) in [5.74, 6) is -0.986. The molecule has 6 heteroatoms. The summed E-state index contributed by atoms with van der Waals surface area (Å²) in [4.78, 5) is 38.1. The normalized spacial score (nSPS) is 13.0. The lowest BCUT2D eigenvalue weighted by Crippen LogP contribution is -2.30. The molecule has 0 aliphatic carbocycles. The minimum absolute atomic E-state index is 0.109. The zero-order valence-corrected chi connectivity index (χ0v) is 44.5. The lowest BCUT2D eigenvalue weighted by Gasteiger charge is -2.18. The van der Waals surface area contributed by atoms with E-state index >= 15 is 0 Å². The number of ether oxygens (including phenoxy) is 3. The van der Waals surface area contributed by atoms with E-state index in [1.54, 1.807) is 0 Å². The highest BCUT2D eigenvalue weighted by Gasteiger charge is 2.19. The third-order valence-electron chi connectivity index (χ3n) is 11.4. The van der Waals surface area contributed by atoms with Crippen molar-refractivity contribution in [3.05, 3.63) is 122 Å². The zero-order valence-electron chi connectivity index (χ0n) is 44.5. The number of unbranched alkanes of at least 4 members (excludes halogenated alkanes) is 18. The summed E-state index contributed by atoms with van der Waals surface area (Å²) in [6.45, 7) is 6.41. The molecule has 0 saturated carbocycles. The van der Waals surface area contributed by atoms with E-state index in [1.807, 2.05) is 0 Å². The van der Waals surface area contributed by atoms with E-state index in [9.17, 15) is 14.4 Å². The van der Waals surface area contributed by atoms with Crippen LogP contribution in [-0.2, 0) is 28.6 Å². The maximum Gasteiger partial charge on any atom is 0.306 e. The van der Waals surface area contributed by atoms with Crippen LogP contribution in [0.3, 0.4) is 0 Å². The van der Waals surface area contributed by atoms with Gasteiger partial charge < -0.3 is 14.2 Å². The molecule has 390 valence electrons. The van der Waals surface area contributed by atoms with E-state index in [0.717, 1.165) is 128 Å². The summed E-state index contributed by atoms with van der Waals surface area (Å²) >= 11 is 0. The van der Waals surface area contributed by atoms with Gasteiger partial charge in [-0.2, -0.15) is 0 Å². The van der Waals surface area contributed by atoms with Gasteiger partial charge >= 0.3 is 17.9 Å². The van der Waals surface area contributed by atoms with Crippen molar-refractivity contribution in [2.75, 3.05) is 13.2 Å². The summed E-state index contributed by atoms with van der Waals surface area (Å²) in [6, 6.07) is 0. The van der Waals surface area contributed by atoms with Crippen molar-refractivity contribution in [2.45, 2.75) is 245 Å². The van der Waals surface area contributed by atoms with Gasteiger partial charge in [0.05, 0.1) is 0 Å². The van der Waals surface area contributed by atoms with Gasteiger partial charge in [0.25, 0.3) is 0 Å². The minimum Gasteiger partial charge on any atom is -0.462 e. The van der Waals surface area contributed by atoms with E-state index in [-0.39, 0.29) is 37.5 Å². The number of hydrogen-bond donors (Lipinski definition) is 0. The Hall–Kier alpha value is -4.19. The molecule has 0 rings (SSSR count). The van der Waals surface area contributed by atoms with Crippen LogP contribution < -0.4 is 0 Å². The molecular formula is C63H102O6. The predicted octanol–water partition coefficient (Wildman–Crippen LogP) is 18.9. The Labute approximate surface area is 424 Å². The average molecular weight is 956 g/mol. The minimum atomic E-state index is -0.816. The van der Waals surface area contributed by atoms with Crippen LogP contribution in [-0.4, -0.2) is 37.2 Å². The first-order chi connectivity index (χ1) is 34.0. The van der Waals surface area contributed by atoms with Gasteiger partial charge in [-0.1, -0.05) is 206 Å². The molecule has 0 amide bonds. The molecule has 6 nitrogen and oxygen atoms in total. The van der Waals surface area contributed by atoms with Gasteiger partial charge in [-0.05, 0) is 135 Å². The van der Waals surface area contributed by atoms with E-state index in [0.29, 0.717) is 19.3 Å². The maximum absolute atomic E-state index is 12.8. The van der Waals surface area contributed by atoms with Crippen LogP contribution in [0.2, 0.25) is 0 Å². The number of carbonyl (C=O) groups is 3. The molecule has 0 aromatic rings. The Morgan fingerprint density at radius 2 is 0.565 bits per heavy atom. The van der Waals surface area contributed by atoms with Crippen molar-refractivity contribution < 1.29 is 28.6 Å². The third kappa shape index (κ3) is 54.6. The van der Waals surface area contributed by atoms with Gasteiger partial charge in [-0.25, -0.2) is 0 Å². The largest absolute Gasteiger partial charge is 0.462 e. The summed E-state index contributed by atoms with van der Waals surface area (Å²) in [5.41, 5.74) is 0. The molecule has 0 saturated heterocycles. The molecule has 0 aliphatic heterocycles. The van der Waals surface area contributed by atoms with Gasteiger partial charge in [0.1, 0.15) is 13.2 Å². The highest BCUT2D eigenvalue weighted by Crippen LogP contribution is 2.12. The lowest BCUT2D eigenvalue weighted by molar-refractivity contribution is -0.167. The first-order valence-corrected chi connectivity index (χ1v) is 28.0. The fourth-order valence-corrected chi connectivity index (χ4v) is 7.21. The van der Waals surface area contributed by atoms with Gasteiger partial charge in [-0.15, -0.1) is 0 Å². The van der Waals surface area contributed by atoms with Crippen LogP contribution in [0.1, 0.15) is 239 Å². The zero-order chi connectivity index (χ0) is 50.0. The van der Waals surface area contributed by atoms with Gasteiger partial charge in [0.2, 0.25) is 0 Å². The van der Waals surface area contributed by atoms with Crippen molar-refractivity contribution in [3.8, 4) is 0 Å². The van der Waals surface area contributed by atoms with Gasteiger partial charge in [0.15, 0.2) is 6.10 Å². The number of carbonyl (C=O) groups excluding carboxylic acids is 3. The maximum atomic E-state index is 12.8. The SMILES string of the molecule is CC/C=C/C/C=C/C/C=C/C/C=C/C/C=C/CCCCCC(=O)OC[C@@H](COC(=O)CCCCCCC/C=C/CCCCCC)OC(=O)CCCCC/C=C/C/C=C/C/C=C/C/C=C/CCCCC. The van der Waals surface area contributed by atoms with Crippen LogP contribution in [0.25, 0.3) is 0 Å². The summed E-state index contributed by atoms with van der Waals surface area (Å²) in [5, 5.41) is 0. The fourth-order valence-electron chi connectivity index (χ4n) is 7.21. The topological polar surface area (TPSA) is 78.9 Å². The highest BCUT2D eigenvalue weighted by molar-refractivity contribution is 5.71. The molecule has 1 atom stereocenters. The molecule has 0 radical (unpaired) electrons. The van der Waals surface area contributed by atoms with Crippen LogP contribution in [0.4, 0.5) is 0 Å². The van der Waals surface area contributed by atoms with Gasteiger partial charge in [0, 0.05) is 19.3 Å². The Bertz CT molecular complexity index is 1470. The second-order valence-corrected chi connectivity index (χ2v) is 18.1. The van der Waals surface area contributed by atoms with E-state index in [2.05, 4.69) is 142 Å². The summed E-state index contributed by atoms with van der Waals surface area (Å²) in [6.07, 6.45) is 77.5. The summed E-state index contributed by atoms with van der Waals surface area (Å²) < 4.78 is 16.8. The van der Waals surface area contributed by atoms with E-state index in [1.165, 1.54) is 64.2 Å². The quantitative estimate of drug-likeness (QED) is 0.0262. The molecular weight excluding hydrogens is 853 g/mol. The third-order valence-corrected chi connectivity index (χ3v) is 11.4. The van der Waals surface area contributed by atoms with Crippen molar-refractivity contribution in [2.24, 2.45) is 0 Å². The Kier molecular flexibility index (Phi) is 53.0. The van der Waals surface area contributed by atoms with Crippen LogP contribution in [0.5, 0.6) is 0 Å². The Morgan fingerprint density at radius 1 is 0.304 bits per heavy atom. The van der Waals surface area contributed by atoms with Crippen LogP contribution in [0, 0.1) is 0 Å². The number of esters is 3. The molecule has 0 heterocycles. The van der Waals surface area contributed by atoms with Crippen molar-refractivity contribution in [1.29, 1.82) is 0 Å². The van der Waals surface area contributed by atoms with Crippen molar-refractivity contribution >= 4 is 17.9 Å². The molecule has 0 unspecified atom stereocenters. The second kappa shape index (κ2) is 56.4. The van der Waals surface area contributed by atoms with Crippen LogP contribution >= 0.6 is 0 Å². The summed E-state index contributed by atoms with van der Waals surface area (Å²) in [7, 11) is 0. The molecule has 69 heavy (non-hydrogen) atoms. The molecule has 0 aromatic heterocycles. The smallest absolute Gasteiger partial charge is 0.306 e. The number of allylic oxidation sites excluding steroid dienone is 20. The number of rotatable bonds is 49. The second-order valence-electron chi connectivity index (χ2n) is 18.1. The van der Waals surface area contributed by atoms with E-state index < -0.39 is 6.10 Å². The Morgan fingerprint density at radius 3 is 0.942 bits per heavy atom. The van der Waals surface area contributed by atoms with Crippen LogP contribution in [0.15, 0.2) is 122 Å². The molecule has 0 aliphatic rings. The standard InChI is InChI=1S/C63H102O6/c1-4-7-10-13-16-19-22-25-27-29-31-33-35-38-41-44-47-50-53-56-62(65)68-59-60(58-67-61(64)55-52-49-46-43-40-37-24-21-18-15-12-9-6-3)69-63(66)57-54-51-48-45-42-39-36-34-32-30-28-26-23-20-17-14-11-8-5-2/h7,10,16-17,19-21,24-28,31-34,38-39,41-42,60H,4-6,8-9,11-15,18,22-23,29-30,35-37,40,43-59H2,1-3H3/b10-7+,19-16+,20-17+,24-21+,27-25+,28-26+,33-31+,34-32+,41-38+,42-39+/t60-/m1/s1. The van der Waals surface area contributed by atoms with Crippen molar-refractivity contribution in [1.82, 2.24) is 0 Å². The van der Waals surface area contributed by atoms with E-state index in [4.69, 9.17) is 14.2 Å². The predicted molar refractivity (Wildman–Crippen MR) is 297 cm³/mol. The molecule has 0 spiro atoms. The molecule has 0 N–H and O–H groups in total. The first-order valence-electron chi connectivity index (χ1n) is 28.0. The number of hydrogen-bond acceptors (Lipinski definition) is 6. The Balaban J connectivity index is 4.53. The molecule has 0 bridgehead atoms. The van der Waals surface area contributed by atoms with Gasteiger partial charge in [-0.3, -0.25) is 14.4 Å². The lowest BCUT2D eigenvalue weighted by atomic mass is 10.1. The fraction of sp³-hybridized carbons (Fsp3) is 0.635. The first kappa shape index (κ1) is 64.8.